The van der Waals surface area contributed by atoms with Crippen LogP contribution < -0.4 is 10.6 Å². The van der Waals surface area contributed by atoms with E-state index in [0.29, 0.717) is 38.5 Å². The molecule has 2 N–H and O–H groups in total. The summed E-state index contributed by atoms with van der Waals surface area (Å²) in [5.74, 6) is -0.266. The van der Waals surface area contributed by atoms with Gasteiger partial charge in [0.15, 0.2) is 0 Å². The van der Waals surface area contributed by atoms with Gasteiger partial charge in [0.25, 0.3) is 0 Å². The van der Waals surface area contributed by atoms with Crippen molar-refractivity contribution in [2.45, 2.75) is 25.4 Å². The van der Waals surface area contributed by atoms with Gasteiger partial charge < -0.3 is 10.5 Å². The predicted octanol–water partition coefficient (Wildman–Crippen LogP) is 1.29. The molecule has 0 aliphatic carbocycles. The Balaban J connectivity index is 1.92. The number of rotatable bonds is 7. The zero-order valence-corrected chi connectivity index (χ0v) is 16.1. The van der Waals surface area contributed by atoms with Crippen molar-refractivity contribution in [3.63, 3.8) is 0 Å². The van der Waals surface area contributed by atoms with E-state index in [4.69, 9.17) is 10.5 Å². The molecular weight excluding hydrogens is 364 g/mol. The molecule has 27 heavy (non-hydrogen) atoms. The van der Waals surface area contributed by atoms with Gasteiger partial charge in [-0.3, -0.25) is 19.4 Å². The zero-order valence-electron chi connectivity index (χ0n) is 15.3. The van der Waals surface area contributed by atoms with Crippen molar-refractivity contribution in [3.8, 4) is 0 Å². The van der Waals surface area contributed by atoms with Crippen molar-refractivity contribution in [3.05, 3.63) is 46.8 Å². The van der Waals surface area contributed by atoms with E-state index in [2.05, 4.69) is 9.88 Å². The van der Waals surface area contributed by atoms with Gasteiger partial charge in [-0.15, -0.1) is 11.3 Å². The molecule has 2 atom stereocenters. The molecule has 0 bridgehead atoms. The summed E-state index contributed by atoms with van der Waals surface area (Å²) < 4.78 is 5.45. The first-order valence-electron chi connectivity index (χ1n) is 8.94. The Morgan fingerprint density at radius 1 is 1.30 bits per heavy atom. The van der Waals surface area contributed by atoms with Crippen LogP contribution in [0.2, 0.25) is 0 Å². The van der Waals surface area contributed by atoms with Gasteiger partial charge in [-0.1, -0.05) is 30.3 Å². The van der Waals surface area contributed by atoms with Gasteiger partial charge in [0.1, 0.15) is 11.9 Å². The number of ether oxygens (including phenoxy) is 1. The number of carbonyl (C=O) groups excluding carboxylic acids is 2. The molecule has 1 aliphatic rings. The Bertz CT molecular complexity index is 748. The summed E-state index contributed by atoms with van der Waals surface area (Å²) in [6, 6.07) is 8.68. The van der Waals surface area contributed by atoms with E-state index in [1.807, 2.05) is 30.3 Å². The van der Waals surface area contributed by atoms with Crippen LogP contribution >= 0.6 is 11.3 Å². The number of hydrogen-bond acceptors (Lipinski definition) is 6. The molecule has 2 heterocycles. The molecule has 1 unspecified atom stereocenters. The second-order valence-corrected chi connectivity index (χ2v) is 7.21. The molecular formula is C19H24N4O3S. The molecule has 7 nitrogen and oxygen atoms in total. The Labute approximate surface area is 162 Å². The quantitative estimate of drug-likeness (QED) is 0.772. The summed E-state index contributed by atoms with van der Waals surface area (Å²) in [7, 11) is 0. The molecule has 1 fully saturated rings. The standard InChI is InChI=1S/C19H24N4O3S/c1-14(18(20)24)23(17-12-27-13-21-17)19(25)16(22-7-9-26-10-8-22)11-15-5-3-2-4-6-15/h2-6,12-14,16H,7-11H2,1H3,(H2,20,24)/t14-,16?/m0/s1. The maximum Gasteiger partial charge on any atom is 0.246 e. The van der Waals surface area contributed by atoms with Crippen LogP contribution in [0.15, 0.2) is 41.2 Å². The largest absolute Gasteiger partial charge is 0.379 e. The molecule has 1 aromatic heterocycles. The van der Waals surface area contributed by atoms with Crippen molar-refractivity contribution >= 4 is 29.0 Å². The highest BCUT2D eigenvalue weighted by Gasteiger charge is 2.36. The van der Waals surface area contributed by atoms with Crippen LogP contribution in [0.25, 0.3) is 0 Å². The van der Waals surface area contributed by atoms with E-state index >= 15 is 0 Å². The molecule has 8 heteroatoms. The average Bonchev–Trinajstić information content (AvgIpc) is 3.21. The lowest BCUT2D eigenvalue weighted by molar-refractivity contribution is -0.129. The minimum absolute atomic E-state index is 0.169. The number of amides is 2. The Morgan fingerprint density at radius 2 is 2.00 bits per heavy atom. The average molecular weight is 388 g/mol. The van der Waals surface area contributed by atoms with Gasteiger partial charge in [0, 0.05) is 18.5 Å². The van der Waals surface area contributed by atoms with Gasteiger partial charge in [-0.2, -0.15) is 0 Å². The number of hydrogen-bond donors (Lipinski definition) is 1. The fraction of sp³-hybridized carbons (Fsp3) is 0.421. The van der Waals surface area contributed by atoms with Gasteiger partial charge >= 0.3 is 0 Å². The van der Waals surface area contributed by atoms with E-state index in [0.717, 1.165) is 5.56 Å². The summed E-state index contributed by atoms with van der Waals surface area (Å²) in [6.45, 7) is 4.14. The summed E-state index contributed by atoms with van der Waals surface area (Å²) in [6.07, 6.45) is 0.547. The number of carbonyl (C=O) groups is 2. The monoisotopic (exact) mass is 388 g/mol. The molecule has 2 amide bonds. The first-order chi connectivity index (χ1) is 13.1. The highest BCUT2D eigenvalue weighted by atomic mass is 32.1. The maximum absolute atomic E-state index is 13.6. The fourth-order valence-corrected chi connectivity index (χ4v) is 3.74. The van der Waals surface area contributed by atoms with E-state index < -0.39 is 18.0 Å². The number of nitrogens with zero attached hydrogens (tertiary/aromatic N) is 3. The molecule has 3 rings (SSSR count). The Hall–Kier alpha value is -2.29. The van der Waals surface area contributed by atoms with Crippen LogP contribution in [0.5, 0.6) is 0 Å². The third-order valence-electron chi connectivity index (χ3n) is 4.75. The smallest absolute Gasteiger partial charge is 0.246 e. The van der Waals surface area contributed by atoms with E-state index in [1.54, 1.807) is 17.8 Å². The van der Waals surface area contributed by atoms with Crippen LogP contribution in [0.4, 0.5) is 5.82 Å². The van der Waals surface area contributed by atoms with Crippen molar-refractivity contribution in [2.75, 3.05) is 31.2 Å². The number of thiazole rings is 1. The van der Waals surface area contributed by atoms with Crippen molar-refractivity contribution in [1.29, 1.82) is 0 Å². The van der Waals surface area contributed by atoms with Gasteiger partial charge in [0.05, 0.1) is 24.8 Å². The predicted molar refractivity (Wildman–Crippen MR) is 105 cm³/mol. The Kier molecular flexibility index (Phi) is 6.54. The van der Waals surface area contributed by atoms with Gasteiger partial charge in [0.2, 0.25) is 11.8 Å². The molecule has 1 saturated heterocycles. The van der Waals surface area contributed by atoms with E-state index in [1.165, 1.54) is 16.2 Å². The molecule has 0 radical (unpaired) electrons. The molecule has 0 spiro atoms. The van der Waals surface area contributed by atoms with Crippen molar-refractivity contribution in [1.82, 2.24) is 9.88 Å². The van der Waals surface area contributed by atoms with Crippen LogP contribution in [0.1, 0.15) is 12.5 Å². The second-order valence-electron chi connectivity index (χ2n) is 6.49. The van der Waals surface area contributed by atoms with Crippen LogP contribution in [-0.4, -0.2) is 60.1 Å². The minimum Gasteiger partial charge on any atom is -0.379 e. The van der Waals surface area contributed by atoms with Crippen molar-refractivity contribution < 1.29 is 14.3 Å². The van der Waals surface area contributed by atoms with Gasteiger partial charge in [-0.05, 0) is 18.9 Å². The van der Waals surface area contributed by atoms with Crippen LogP contribution in [0, 0.1) is 0 Å². The van der Waals surface area contributed by atoms with Crippen molar-refractivity contribution in [2.24, 2.45) is 5.73 Å². The van der Waals surface area contributed by atoms with Gasteiger partial charge in [-0.25, -0.2) is 4.98 Å². The third kappa shape index (κ3) is 4.71. The molecule has 1 aliphatic heterocycles. The first kappa shape index (κ1) is 19.5. The zero-order chi connectivity index (χ0) is 19.2. The number of nitrogens with two attached hydrogens (primary N) is 1. The number of benzene rings is 1. The Morgan fingerprint density at radius 3 is 2.59 bits per heavy atom. The first-order valence-corrected chi connectivity index (χ1v) is 9.88. The summed E-state index contributed by atoms with van der Waals surface area (Å²) >= 11 is 1.38. The topological polar surface area (TPSA) is 88.8 Å². The molecule has 2 aromatic rings. The van der Waals surface area contributed by atoms with Crippen LogP contribution in [0.3, 0.4) is 0 Å². The summed E-state index contributed by atoms with van der Waals surface area (Å²) in [5, 5.41) is 1.76. The number of primary amides is 1. The molecule has 144 valence electrons. The number of anilines is 1. The van der Waals surface area contributed by atoms with Crippen LogP contribution in [-0.2, 0) is 20.7 Å². The number of morpholine rings is 1. The molecule has 1 aromatic carbocycles. The lowest BCUT2D eigenvalue weighted by atomic mass is 10.0. The highest BCUT2D eigenvalue weighted by Crippen LogP contribution is 2.22. The summed E-state index contributed by atoms with van der Waals surface area (Å²) in [4.78, 5) is 33.3. The lowest BCUT2D eigenvalue weighted by Crippen LogP contribution is -2.57. The minimum atomic E-state index is -0.779. The highest BCUT2D eigenvalue weighted by molar-refractivity contribution is 7.07. The maximum atomic E-state index is 13.6. The lowest BCUT2D eigenvalue weighted by Gasteiger charge is -2.37. The van der Waals surface area contributed by atoms with E-state index in [9.17, 15) is 9.59 Å². The number of aromatic nitrogens is 1. The van der Waals surface area contributed by atoms with E-state index in [-0.39, 0.29) is 5.91 Å². The molecule has 0 saturated carbocycles. The summed E-state index contributed by atoms with van der Waals surface area (Å²) in [5.41, 5.74) is 8.23. The normalized spacial score (nSPS) is 17.2. The third-order valence-corrected chi connectivity index (χ3v) is 5.32. The second kappa shape index (κ2) is 9.07. The fourth-order valence-electron chi connectivity index (χ4n) is 3.21. The SMILES string of the molecule is C[C@@H](C(N)=O)N(C(=O)C(Cc1ccccc1)N1CCOCC1)c1cscn1.